The first kappa shape index (κ1) is 19.4. The number of nitrogens with zero attached hydrogens (tertiary/aromatic N) is 1. The topological polar surface area (TPSA) is 75.4 Å². The second kappa shape index (κ2) is 10.2. The second-order valence-corrected chi connectivity index (χ2v) is 7.05. The van der Waals surface area contributed by atoms with Crippen molar-refractivity contribution in [1.82, 2.24) is 4.90 Å². The molecule has 1 saturated heterocycles. The van der Waals surface area contributed by atoms with Crippen LogP contribution in [0.1, 0.15) is 62.2 Å². The number of carbonyl (C=O) groups excluding carboxylic acids is 2. The Morgan fingerprint density at radius 1 is 1.08 bits per heavy atom. The summed E-state index contributed by atoms with van der Waals surface area (Å²) in [5.41, 5.74) is 6.89. The molecule has 1 fully saturated rings. The number of amides is 2. The number of nitrogens with one attached hydrogen (secondary N) is 1. The summed E-state index contributed by atoms with van der Waals surface area (Å²) < 4.78 is 0. The van der Waals surface area contributed by atoms with Crippen LogP contribution in [0.25, 0.3) is 0 Å². The number of likely N-dealkylation sites (tertiary alicyclic amines) is 1. The summed E-state index contributed by atoms with van der Waals surface area (Å²) in [5, 5.41) is 2.90. The van der Waals surface area contributed by atoms with E-state index in [0.717, 1.165) is 57.3 Å². The van der Waals surface area contributed by atoms with Gasteiger partial charge < -0.3 is 16.0 Å². The van der Waals surface area contributed by atoms with Crippen LogP contribution in [0, 0.1) is 5.92 Å². The third-order valence-electron chi connectivity index (χ3n) is 4.84. The largest absolute Gasteiger partial charge is 0.339 e. The highest BCUT2D eigenvalue weighted by Crippen LogP contribution is 2.19. The van der Waals surface area contributed by atoms with Crippen LogP contribution < -0.4 is 11.1 Å². The van der Waals surface area contributed by atoms with Crippen LogP contribution in [0.15, 0.2) is 24.3 Å². The quantitative estimate of drug-likeness (QED) is 0.709. The van der Waals surface area contributed by atoms with E-state index in [2.05, 4.69) is 12.2 Å². The molecule has 1 heterocycles. The Morgan fingerprint density at radius 3 is 2.36 bits per heavy atom. The van der Waals surface area contributed by atoms with Gasteiger partial charge in [-0.05, 0) is 62.4 Å². The van der Waals surface area contributed by atoms with E-state index in [4.69, 9.17) is 5.73 Å². The van der Waals surface area contributed by atoms with Crippen LogP contribution in [0.4, 0.5) is 5.69 Å². The minimum absolute atomic E-state index is 0.0249. The number of nitrogens with two attached hydrogens (primary N) is 1. The lowest BCUT2D eigenvalue weighted by Crippen LogP contribution is -2.37. The molecule has 1 aromatic carbocycles. The highest BCUT2D eigenvalue weighted by molar-refractivity contribution is 5.95. The van der Waals surface area contributed by atoms with Crippen LogP contribution in [0.5, 0.6) is 0 Å². The molecule has 138 valence electrons. The number of piperidine rings is 1. The molecule has 1 aliphatic rings. The molecule has 0 aliphatic carbocycles. The molecule has 2 rings (SSSR count). The molecule has 5 heteroatoms. The lowest BCUT2D eigenvalue weighted by molar-refractivity contribution is -0.116. The molecular formula is C20H31N3O2. The SMILES string of the molecule is CC1CCN(C(=O)c2ccc(NC(=O)CCCCCCN)cc2)CC1. The van der Waals surface area contributed by atoms with Gasteiger partial charge in [0.05, 0.1) is 0 Å². The van der Waals surface area contributed by atoms with Crippen molar-refractivity contribution in [3.05, 3.63) is 29.8 Å². The first-order valence-corrected chi connectivity index (χ1v) is 9.49. The van der Waals surface area contributed by atoms with Gasteiger partial charge in [0.1, 0.15) is 0 Å². The molecule has 5 nitrogen and oxygen atoms in total. The zero-order valence-corrected chi connectivity index (χ0v) is 15.3. The number of hydrogen-bond acceptors (Lipinski definition) is 3. The minimum atomic E-state index is 0.0249. The fourth-order valence-corrected chi connectivity index (χ4v) is 3.10. The third-order valence-corrected chi connectivity index (χ3v) is 4.84. The lowest BCUT2D eigenvalue weighted by Gasteiger charge is -2.30. The van der Waals surface area contributed by atoms with Gasteiger partial charge in [0.15, 0.2) is 0 Å². The summed E-state index contributed by atoms with van der Waals surface area (Å²) >= 11 is 0. The first-order chi connectivity index (χ1) is 12.1. The van der Waals surface area contributed by atoms with Crippen LogP contribution in [0.2, 0.25) is 0 Å². The van der Waals surface area contributed by atoms with E-state index < -0.39 is 0 Å². The van der Waals surface area contributed by atoms with E-state index in [1.165, 1.54) is 0 Å². The molecule has 0 aromatic heterocycles. The Morgan fingerprint density at radius 2 is 1.72 bits per heavy atom. The minimum Gasteiger partial charge on any atom is -0.339 e. The van der Waals surface area contributed by atoms with E-state index >= 15 is 0 Å². The molecular weight excluding hydrogens is 314 g/mol. The highest BCUT2D eigenvalue weighted by atomic mass is 16.2. The van der Waals surface area contributed by atoms with Crippen molar-refractivity contribution in [3.63, 3.8) is 0 Å². The fraction of sp³-hybridized carbons (Fsp3) is 0.600. The molecule has 0 unspecified atom stereocenters. The second-order valence-electron chi connectivity index (χ2n) is 7.05. The van der Waals surface area contributed by atoms with Gasteiger partial charge in [-0.15, -0.1) is 0 Å². The molecule has 0 atom stereocenters. The van der Waals surface area contributed by atoms with Crippen LogP contribution >= 0.6 is 0 Å². The molecule has 1 aliphatic heterocycles. The summed E-state index contributed by atoms with van der Waals surface area (Å²) in [4.78, 5) is 26.4. The van der Waals surface area contributed by atoms with Crippen molar-refractivity contribution in [2.75, 3.05) is 25.0 Å². The number of anilines is 1. The van der Waals surface area contributed by atoms with Gasteiger partial charge in [-0.25, -0.2) is 0 Å². The monoisotopic (exact) mass is 345 g/mol. The zero-order chi connectivity index (χ0) is 18.1. The number of carbonyl (C=O) groups is 2. The van der Waals surface area contributed by atoms with Gasteiger partial charge in [-0.2, -0.15) is 0 Å². The van der Waals surface area contributed by atoms with Crippen molar-refractivity contribution in [2.45, 2.75) is 51.9 Å². The van der Waals surface area contributed by atoms with Crippen LogP contribution in [-0.4, -0.2) is 36.3 Å². The normalized spacial score (nSPS) is 15.2. The Kier molecular flexibility index (Phi) is 7.92. The van der Waals surface area contributed by atoms with Gasteiger partial charge in [-0.1, -0.05) is 19.8 Å². The number of hydrogen-bond donors (Lipinski definition) is 2. The molecule has 0 spiro atoms. The summed E-state index contributed by atoms with van der Waals surface area (Å²) in [6.07, 6.45) is 6.69. The maximum absolute atomic E-state index is 12.5. The van der Waals surface area contributed by atoms with Gasteiger partial charge in [0.25, 0.3) is 5.91 Å². The van der Waals surface area contributed by atoms with E-state index in [0.29, 0.717) is 24.4 Å². The van der Waals surface area contributed by atoms with E-state index in [-0.39, 0.29) is 11.8 Å². The van der Waals surface area contributed by atoms with Crippen molar-refractivity contribution in [2.24, 2.45) is 11.7 Å². The van der Waals surface area contributed by atoms with Crippen molar-refractivity contribution in [3.8, 4) is 0 Å². The van der Waals surface area contributed by atoms with Crippen molar-refractivity contribution in [1.29, 1.82) is 0 Å². The third kappa shape index (κ3) is 6.50. The molecule has 0 radical (unpaired) electrons. The van der Waals surface area contributed by atoms with E-state index in [1.54, 1.807) is 12.1 Å². The van der Waals surface area contributed by atoms with Gasteiger partial charge in [0, 0.05) is 30.8 Å². The molecule has 2 amide bonds. The number of benzene rings is 1. The standard InChI is InChI=1S/C20H31N3O2/c1-16-11-14-23(15-12-16)20(25)17-7-9-18(10-8-17)22-19(24)6-4-2-3-5-13-21/h7-10,16H,2-6,11-15,21H2,1H3,(H,22,24). The molecule has 25 heavy (non-hydrogen) atoms. The number of rotatable bonds is 8. The zero-order valence-electron chi connectivity index (χ0n) is 15.3. The molecule has 0 bridgehead atoms. The average molecular weight is 345 g/mol. The summed E-state index contributed by atoms with van der Waals surface area (Å²) in [6, 6.07) is 7.23. The number of unbranched alkanes of at least 4 members (excludes halogenated alkanes) is 3. The summed E-state index contributed by atoms with van der Waals surface area (Å²) in [6.45, 7) is 4.62. The maximum atomic E-state index is 12.5. The average Bonchev–Trinajstić information content (AvgIpc) is 2.62. The summed E-state index contributed by atoms with van der Waals surface area (Å²) in [5.74, 6) is 0.818. The first-order valence-electron chi connectivity index (χ1n) is 9.49. The predicted octanol–water partition coefficient (Wildman–Crippen LogP) is 3.41. The molecule has 1 aromatic rings. The van der Waals surface area contributed by atoms with E-state index in [9.17, 15) is 9.59 Å². The van der Waals surface area contributed by atoms with E-state index in [1.807, 2.05) is 17.0 Å². The lowest BCUT2D eigenvalue weighted by atomic mass is 9.98. The Labute approximate surface area is 151 Å². The Balaban J connectivity index is 1.77. The summed E-state index contributed by atoms with van der Waals surface area (Å²) in [7, 11) is 0. The van der Waals surface area contributed by atoms with Gasteiger partial charge in [-0.3, -0.25) is 9.59 Å². The Bertz CT molecular complexity index is 549. The highest BCUT2D eigenvalue weighted by Gasteiger charge is 2.21. The molecule has 3 N–H and O–H groups in total. The van der Waals surface area contributed by atoms with Crippen molar-refractivity contribution < 1.29 is 9.59 Å². The smallest absolute Gasteiger partial charge is 0.253 e. The van der Waals surface area contributed by atoms with Crippen LogP contribution in [-0.2, 0) is 4.79 Å². The van der Waals surface area contributed by atoms with Gasteiger partial charge >= 0.3 is 0 Å². The fourth-order valence-electron chi connectivity index (χ4n) is 3.10. The van der Waals surface area contributed by atoms with Crippen LogP contribution in [0.3, 0.4) is 0 Å². The Hall–Kier alpha value is -1.88. The molecule has 0 saturated carbocycles. The van der Waals surface area contributed by atoms with Gasteiger partial charge in [0.2, 0.25) is 5.91 Å². The predicted molar refractivity (Wildman–Crippen MR) is 102 cm³/mol. The van der Waals surface area contributed by atoms with Crippen molar-refractivity contribution >= 4 is 17.5 Å². The maximum Gasteiger partial charge on any atom is 0.253 e.